The van der Waals surface area contributed by atoms with Crippen LogP contribution >= 0.6 is 15.6 Å². The quantitative estimate of drug-likeness (QED) is 0.0222. The number of unbranched alkanes of at least 4 members (excludes halogenated alkanes) is 30. The number of hydrogen-bond donors (Lipinski definition) is 3. The van der Waals surface area contributed by atoms with E-state index >= 15 is 0 Å². The van der Waals surface area contributed by atoms with Crippen molar-refractivity contribution in [3.63, 3.8) is 0 Å². The molecule has 0 heterocycles. The van der Waals surface area contributed by atoms with Crippen LogP contribution in [0.4, 0.5) is 0 Å². The maximum Gasteiger partial charge on any atom is 0.472 e. The molecule has 19 heteroatoms. The Morgan fingerprint density at radius 3 is 0.721 bits per heavy atom. The Morgan fingerprint density at radius 1 is 0.291 bits per heavy atom. The maximum atomic E-state index is 13.0. The molecule has 0 aliphatic rings. The van der Waals surface area contributed by atoms with Crippen molar-refractivity contribution in [2.24, 2.45) is 23.7 Å². The third-order valence-electron chi connectivity index (χ3n) is 15.3. The van der Waals surface area contributed by atoms with Crippen LogP contribution < -0.4 is 0 Å². The smallest absolute Gasteiger partial charge is 0.462 e. The van der Waals surface area contributed by atoms with Crippen molar-refractivity contribution in [2.75, 3.05) is 39.6 Å². The zero-order valence-corrected chi connectivity index (χ0v) is 57.7. The lowest BCUT2D eigenvalue weighted by molar-refractivity contribution is -0.161. The molecule has 86 heavy (non-hydrogen) atoms. The van der Waals surface area contributed by atoms with Gasteiger partial charge in [0.15, 0.2) is 12.2 Å². The van der Waals surface area contributed by atoms with Crippen molar-refractivity contribution < 1.29 is 80.2 Å². The standard InChI is InChI=1S/C67H130O17P2/c1-57(2)43-35-27-19-12-9-10-14-25-33-41-49-66(71)83-62(53-77-64(69)47-39-31-23-15-11-13-20-28-36-44-58(3)4)55-81-85(73,74)79-51-61(68)52-80-86(75,76)82-56-63(84-67(72)50-42-34-26-18-22-30-38-46-60(7)8)54-78-65(70)48-40-32-24-17-16-21-29-37-45-59(5)6/h57-63,68H,9-56H2,1-8H3,(H,73,74)(H,75,76)/t61?,62-,63-/m1/s1. The van der Waals surface area contributed by atoms with Gasteiger partial charge < -0.3 is 33.8 Å². The summed E-state index contributed by atoms with van der Waals surface area (Å²) in [7, 11) is -9.90. The summed E-state index contributed by atoms with van der Waals surface area (Å²) in [6, 6.07) is 0. The Kier molecular flexibility index (Phi) is 55.7. The van der Waals surface area contributed by atoms with Crippen LogP contribution in [0.5, 0.6) is 0 Å². The van der Waals surface area contributed by atoms with Crippen LogP contribution in [0.15, 0.2) is 0 Å². The molecule has 0 aliphatic heterocycles. The number of carbonyl (C=O) groups excluding carboxylic acids is 4. The molecule has 17 nitrogen and oxygen atoms in total. The average molecular weight is 1270 g/mol. The Labute approximate surface area is 524 Å². The maximum absolute atomic E-state index is 13.0. The highest BCUT2D eigenvalue weighted by atomic mass is 31.2. The summed E-state index contributed by atoms with van der Waals surface area (Å²) >= 11 is 0. The zero-order valence-electron chi connectivity index (χ0n) is 55.9. The Balaban J connectivity index is 5.26. The van der Waals surface area contributed by atoms with E-state index in [0.29, 0.717) is 31.6 Å². The molecule has 0 aliphatic carbocycles. The van der Waals surface area contributed by atoms with Crippen LogP contribution in [-0.4, -0.2) is 96.7 Å². The number of phosphoric ester groups is 2. The highest BCUT2D eigenvalue weighted by molar-refractivity contribution is 7.47. The number of carbonyl (C=O) groups is 4. The highest BCUT2D eigenvalue weighted by Crippen LogP contribution is 2.45. The Bertz CT molecular complexity index is 1710. The van der Waals surface area contributed by atoms with Gasteiger partial charge in [0.25, 0.3) is 0 Å². The number of hydrogen-bond acceptors (Lipinski definition) is 15. The first-order valence-corrected chi connectivity index (χ1v) is 37.7. The zero-order chi connectivity index (χ0) is 63.9. The minimum absolute atomic E-state index is 0.102. The number of aliphatic hydroxyl groups excluding tert-OH is 1. The van der Waals surface area contributed by atoms with E-state index in [1.165, 1.54) is 128 Å². The highest BCUT2D eigenvalue weighted by Gasteiger charge is 2.30. The van der Waals surface area contributed by atoms with Gasteiger partial charge in [-0.05, 0) is 49.4 Å². The minimum atomic E-state index is -4.95. The second-order valence-corrected chi connectivity index (χ2v) is 29.0. The lowest BCUT2D eigenvalue weighted by atomic mass is 10.0. The summed E-state index contributed by atoms with van der Waals surface area (Å²) in [6.07, 6.45) is 37.7. The molecule has 0 aromatic rings. The van der Waals surface area contributed by atoms with E-state index in [4.69, 9.17) is 37.0 Å². The summed E-state index contributed by atoms with van der Waals surface area (Å²) in [5.41, 5.74) is 0. The van der Waals surface area contributed by atoms with Crippen LogP contribution in [0, 0.1) is 23.7 Å². The van der Waals surface area contributed by atoms with Gasteiger partial charge in [0.2, 0.25) is 0 Å². The van der Waals surface area contributed by atoms with Gasteiger partial charge in [-0.2, -0.15) is 0 Å². The van der Waals surface area contributed by atoms with E-state index in [-0.39, 0.29) is 25.7 Å². The second kappa shape index (κ2) is 57.0. The molecule has 0 fully saturated rings. The number of esters is 4. The largest absolute Gasteiger partial charge is 0.472 e. The molecule has 0 radical (unpaired) electrons. The van der Waals surface area contributed by atoms with Crippen molar-refractivity contribution in [3.8, 4) is 0 Å². The topological polar surface area (TPSA) is 237 Å². The first-order valence-electron chi connectivity index (χ1n) is 34.7. The molecule has 510 valence electrons. The fourth-order valence-electron chi connectivity index (χ4n) is 9.96. The van der Waals surface area contributed by atoms with Gasteiger partial charge in [-0.1, -0.05) is 274 Å². The number of phosphoric acid groups is 2. The summed E-state index contributed by atoms with van der Waals surface area (Å²) in [6.45, 7) is 14.0. The van der Waals surface area contributed by atoms with Crippen molar-refractivity contribution >= 4 is 39.5 Å². The second-order valence-electron chi connectivity index (χ2n) is 26.1. The van der Waals surface area contributed by atoms with E-state index in [1.807, 2.05) is 0 Å². The minimum Gasteiger partial charge on any atom is -0.462 e. The van der Waals surface area contributed by atoms with Crippen molar-refractivity contribution in [1.82, 2.24) is 0 Å². The molecule has 0 rings (SSSR count). The van der Waals surface area contributed by atoms with Crippen LogP contribution in [0.25, 0.3) is 0 Å². The van der Waals surface area contributed by atoms with Crippen molar-refractivity contribution in [2.45, 2.75) is 343 Å². The molecule has 0 amide bonds. The Morgan fingerprint density at radius 2 is 0.488 bits per heavy atom. The SMILES string of the molecule is CC(C)CCCCCCCCCCCCC(=O)O[C@H](COC(=O)CCCCCCCCCCCC(C)C)COP(=O)(O)OCC(O)COP(=O)(O)OC[C@@H](COC(=O)CCCCCCCCCCC(C)C)OC(=O)CCCCCCCCCC(C)C. The van der Waals surface area contributed by atoms with Crippen molar-refractivity contribution in [3.05, 3.63) is 0 Å². The molecule has 0 saturated carbocycles. The van der Waals surface area contributed by atoms with Crippen LogP contribution in [0.3, 0.4) is 0 Å². The predicted octanol–water partition coefficient (Wildman–Crippen LogP) is 18.5. The predicted molar refractivity (Wildman–Crippen MR) is 344 cm³/mol. The van der Waals surface area contributed by atoms with Gasteiger partial charge >= 0.3 is 39.5 Å². The fourth-order valence-corrected chi connectivity index (χ4v) is 11.5. The molecular weight excluding hydrogens is 1140 g/mol. The van der Waals surface area contributed by atoms with Gasteiger partial charge in [-0.15, -0.1) is 0 Å². The average Bonchev–Trinajstić information content (AvgIpc) is 3.67. The first kappa shape index (κ1) is 84.1. The molecule has 0 saturated heterocycles. The Hall–Kier alpha value is -1.94. The van der Waals surface area contributed by atoms with Crippen LogP contribution in [0.1, 0.15) is 325 Å². The van der Waals surface area contributed by atoms with E-state index in [2.05, 4.69) is 55.4 Å². The van der Waals surface area contributed by atoms with E-state index in [0.717, 1.165) is 108 Å². The number of aliphatic hydroxyl groups is 1. The third-order valence-corrected chi connectivity index (χ3v) is 17.2. The number of rotatable bonds is 64. The molecule has 5 atom stereocenters. The van der Waals surface area contributed by atoms with Crippen LogP contribution in [-0.2, 0) is 65.4 Å². The van der Waals surface area contributed by atoms with Crippen molar-refractivity contribution in [1.29, 1.82) is 0 Å². The van der Waals surface area contributed by atoms with Gasteiger partial charge in [0.05, 0.1) is 26.4 Å². The third kappa shape index (κ3) is 60.9. The fraction of sp³-hybridized carbons (Fsp3) is 0.940. The van der Waals surface area contributed by atoms with E-state index in [1.54, 1.807) is 0 Å². The molecule has 3 unspecified atom stereocenters. The van der Waals surface area contributed by atoms with Crippen LogP contribution in [0.2, 0.25) is 0 Å². The van der Waals surface area contributed by atoms with Gasteiger partial charge in [0.1, 0.15) is 19.3 Å². The molecular formula is C67H130O17P2. The monoisotopic (exact) mass is 1270 g/mol. The molecule has 0 aromatic heterocycles. The molecule has 0 aromatic carbocycles. The normalized spacial score (nSPS) is 14.4. The van der Waals surface area contributed by atoms with E-state index in [9.17, 15) is 43.2 Å². The molecule has 3 N–H and O–H groups in total. The lowest BCUT2D eigenvalue weighted by Crippen LogP contribution is -2.30. The van der Waals surface area contributed by atoms with Gasteiger partial charge in [-0.3, -0.25) is 37.3 Å². The summed E-state index contributed by atoms with van der Waals surface area (Å²) in [5, 5.41) is 10.6. The summed E-state index contributed by atoms with van der Waals surface area (Å²) in [4.78, 5) is 72.4. The van der Waals surface area contributed by atoms with E-state index < -0.39 is 97.5 Å². The summed E-state index contributed by atoms with van der Waals surface area (Å²) < 4.78 is 68.1. The first-order chi connectivity index (χ1) is 41.1. The summed E-state index contributed by atoms with van der Waals surface area (Å²) in [5.74, 6) is 0.782. The molecule has 0 bridgehead atoms. The number of ether oxygens (including phenoxy) is 4. The van der Waals surface area contributed by atoms with Gasteiger partial charge in [-0.25, -0.2) is 9.13 Å². The molecule has 0 spiro atoms. The van der Waals surface area contributed by atoms with Gasteiger partial charge in [0, 0.05) is 25.7 Å². The lowest BCUT2D eigenvalue weighted by Gasteiger charge is -2.21.